The summed E-state index contributed by atoms with van der Waals surface area (Å²) in [4.78, 5) is 10.9. The predicted molar refractivity (Wildman–Crippen MR) is 41.7 cm³/mol. The minimum absolute atomic E-state index is 0.0487. The Hall–Kier alpha value is -1.38. The van der Waals surface area contributed by atoms with Crippen LogP contribution in [-0.4, -0.2) is 16.7 Å². The number of hydrogen-bond donors (Lipinski definition) is 1. The molecule has 58 valence electrons. The van der Waals surface area contributed by atoms with Gasteiger partial charge in [-0.05, 0) is 37.1 Å². The lowest BCUT2D eigenvalue weighted by Gasteiger charge is -2.08. The topological polar surface area (TPSA) is 49.7 Å². The summed E-state index contributed by atoms with van der Waals surface area (Å²) in [7, 11) is 0. The van der Waals surface area contributed by atoms with Crippen LogP contribution in [0.25, 0.3) is 0 Å². The molecule has 1 aliphatic carbocycles. The third-order valence-corrected chi connectivity index (χ3v) is 1.56. The van der Waals surface area contributed by atoms with Crippen molar-refractivity contribution >= 4 is 11.5 Å². The van der Waals surface area contributed by atoms with Crippen molar-refractivity contribution in [2.45, 2.75) is 13.8 Å². The van der Waals surface area contributed by atoms with Crippen LogP contribution in [0, 0.1) is 0 Å². The molecule has 0 aromatic heterocycles. The SMILES string of the molecule is CC1=CC(=O)C=C(C)C1=NO. The van der Waals surface area contributed by atoms with E-state index in [9.17, 15) is 4.79 Å². The van der Waals surface area contributed by atoms with Gasteiger partial charge in [0.2, 0.25) is 0 Å². The fourth-order valence-electron chi connectivity index (χ4n) is 1.07. The molecule has 0 atom stereocenters. The minimum atomic E-state index is -0.0487. The number of nitrogens with zero attached hydrogens (tertiary/aromatic N) is 1. The second kappa shape index (κ2) is 2.70. The number of hydrogen-bond acceptors (Lipinski definition) is 3. The Morgan fingerprint density at radius 2 is 1.73 bits per heavy atom. The second-order valence-electron chi connectivity index (χ2n) is 2.51. The Bertz CT molecular complexity index is 260. The first-order chi connectivity index (χ1) is 5.15. The van der Waals surface area contributed by atoms with Crippen molar-refractivity contribution in [3.05, 3.63) is 23.3 Å². The van der Waals surface area contributed by atoms with Gasteiger partial charge in [-0.15, -0.1) is 0 Å². The largest absolute Gasteiger partial charge is 0.410 e. The number of allylic oxidation sites excluding steroid dienone is 4. The maximum absolute atomic E-state index is 10.9. The molecule has 0 aliphatic heterocycles. The first kappa shape index (κ1) is 7.72. The van der Waals surface area contributed by atoms with E-state index in [1.54, 1.807) is 13.8 Å². The van der Waals surface area contributed by atoms with Crippen LogP contribution in [-0.2, 0) is 4.79 Å². The van der Waals surface area contributed by atoms with E-state index < -0.39 is 0 Å². The number of carbonyl (C=O) groups is 1. The van der Waals surface area contributed by atoms with Gasteiger partial charge >= 0.3 is 0 Å². The van der Waals surface area contributed by atoms with Gasteiger partial charge in [-0.2, -0.15) is 0 Å². The highest BCUT2D eigenvalue weighted by Crippen LogP contribution is 2.12. The lowest BCUT2D eigenvalue weighted by molar-refractivity contribution is -0.110. The highest BCUT2D eigenvalue weighted by molar-refractivity contribution is 6.21. The maximum Gasteiger partial charge on any atom is 0.179 e. The molecule has 0 unspecified atom stereocenters. The summed E-state index contributed by atoms with van der Waals surface area (Å²) < 4.78 is 0. The zero-order chi connectivity index (χ0) is 8.43. The molecule has 0 aromatic rings. The Morgan fingerprint density at radius 1 is 1.27 bits per heavy atom. The molecule has 0 spiro atoms. The second-order valence-corrected chi connectivity index (χ2v) is 2.51. The van der Waals surface area contributed by atoms with Gasteiger partial charge in [-0.3, -0.25) is 4.79 Å². The van der Waals surface area contributed by atoms with E-state index in [0.29, 0.717) is 16.9 Å². The van der Waals surface area contributed by atoms with Crippen LogP contribution >= 0.6 is 0 Å². The number of oxime groups is 1. The first-order valence-corrected chi connectivity index (χ1v) is 3.28. The maximum atomic E-state index is 10.9. The van der Waals surface area contributed by atoms with E-state index in [1.165, 1.54) is 12.2 Å². The van der Waals surface area contributed by atoms with Gasteiger partial charge in [0.25, 0.3) is 0 Å². The van der Waals surface area contributed by atoms with Crippen molar-refractivity contribution in [1.29, 1.82) is 0 Å². The summed E-state index contributed by atoms with van der Waals surface area (Å²) in [5.41, 5.74) is 1.90. The Kier molecular flexibility index (Phi) is 1.89. The third kappa shape index (κ3) is 1.37. The van der Waals surface area contributed by atoms with Crippen molar-refractivity contribution in [1.82, 2.24) is 0 Å². The summed E-state index contributed by atoms with van der Waals surface area (Å²) in [5, 5.41) is 11.6. The molecule has 0 bridgehead atoms. The van der Waals surface area contributed by atoms with Gasteiger partial charge in [0, 0.05) is 0 Å². The molecule has 0 amide bonds. The summed E-state index contributed by atoms with van der Waals surface area (Å²) in [6.07, 6.45) is 2.89. The molecular formula is C8H9NO2. The molecule has 0 heterocycles. The van der Waals surface area contributed by atoms with Gasteiger partial charge in [0.05, 0.1) is 0 Å². The molecule has 1 N–H and O–H groups in total. The van der Waals surface area contributed by atoms with Gasteiger partial charge in [-0.1, -0.05) is 5.16 Å². The summed E-state index contributed by atoms with van der Waals surface area (Å²) in [5.74, 6) is -0.0487. The zero-order valence-corrected chi connectivity index (χ0v) is 6.46. The van der Waals surface area contributed by atoms with E-state index in [0.717, 1.165) is 0 Å². The summed E-state index contributed by atoms with van der Waals surface area (Å²) >= 11 is 0. The molecule has 1 aliphatic rings. The van der Waals surface area contributed by atoms with Gasteiger partial charge in [0.1, 0.15) is 5.71 Å². The molecular weight excluding hydrogens is 142 g/mol. The van der Waals surface area contributed by atoms with Gasteiger partial charge < -0.3 is 5.21 Å². The molecule has 0 aromatic carbocycles. The van der Waals surface area contributed by atoms with E-state index >= 15 is 0 Å². The van der Waals surface area contributed by atoms with Gasteiger partial charge in [-0.25, -0.2) is 0 Å². The average molecular weight is 151 g/mol. The molecule has 11 heavy (non-hydrogen) atoms. The Balaban J connectivity index is 3.11. The first-order valence-electron chi connectivity index (χ1n) is 3.28. The van der Waals surface area contributed by atoms with Crippen molar-refractivity contribution in [2.24, 2.45) is 5.16 Å². The van der Waals surface area contributed by atoms with Crippen LogP contribution < -0.4 is 0 Å². The molecule has 1 rings (SSSR count). The highest BCUT2D eigenvalue weighted by atomic mass is 16.4. The Morgan fingerprint density at radius 3 is 2.09 bits per heavy atom. The van der Waals surface area contributed by atoms with Crippen LogP contribution in [0.2, 0.25) is 0 Å². The van der Waals surface area contributed by atoms with Crippen molar-refractivity contribution in [2.75, 3.05) is 0 Å². The van der Waals surface area contributed by atoms with E-state index in [-0.39, 0.29) is 5.78 Å². The van der Waals surface area contributed by atoms with Gasteiger partial charge in [0.15, 0.2) is 5.78 Å². The molecule has 0 saturated heterocycles. The van der Waals surface area contributed by atoms with Crippen molar-refractivity contribution < 1.29 is 10.0 Å². The van der Waals surface area contributed by atoms with Crippen molar-refractivity contribution in [3.63, 3.8) is 0 Å². The Labute approximate surface area is 64.7 Å². The number of carbonyl (C=O) groups excluding carboxylic acids is 1. The number of rotatable bonds is 0. The zero-order valence-electron chi connectivity index (χ0n) is 6.46. The quantitative estimate of drug-likeness (QED) is 0.322. The highest BCUT2D eigenvalue weighted by Gasteiger charge is 2.12. The van der Waals surface area contributed by atoms with Crippen LogP contribution in [0.3, 0.4) is 0 Å². The predicted octanol–water partition coefficient (Wildman–Crippen LogP) is 1.29. The van der Waals surface area contributed by atoms with Crippen molar-refractivity contribution in [3.8, 4) is 0 Å². The van der Waals surface area contributed by atoms with Crippen LogP contribution in [0.1, 0.15) is 13.8 Å². The van der Waals surface area contributed by atoms with Crippen LogP contribution in [0.15, 0.2) is 28.5 Å². The fourth-order valence-corrected chi connectivity index (χ4v) is 1.07. The lowest BCUT2D eigenvalue weighted by atomic mass is 9.98. The number of ketones is 1. The smallest absolute Gasteiger partial charge is 0.179 e. The van der Waals surface area contributed by atoms with E-state index in [4.69, 9.17) is 5.21 Å². The van der Waals surface area contributed by atoms with Crippen LogP contribution in [0.5, 0.6) is 0 Å². The molecule has 0 saturated carbocycles. The monoisotopic (exact) mass is 151 g/mol. The van der Waals surface area contributed by atoms with E-state index in [1.807, 2.05) is 0 Å². The summed E-state index contributed by atoms with van der Waals surface area (Å²) in [6, 6.07) is 0. The average Bonchev–Trinajstić information content (AvgIpc) is 1.85. The standard InChI is InChI=1S/C8H9NO2/c1-5-3-7(10)4-6(2)8(5)9-11/h3-4,11H,1-2H3. The molecule has 3 nitrogen and oxygen atoms in total. The fraction of sp³-hybridized carbons (Fsp3) is 0.250. The lowest BCUT2D eigenvalue weighted by Crippen LogP contribution is -2.10. The summed E-state index contributed by atoms with van der Waals surface area (Å²) in [6.45, 7) is 3.48. The third-order valence-electron chi connectivity index (χ3n) is 1.56. The van der Waals surface area contributed by atoms with E-state index in [2.05, 4.69) is 5.16 Å². The minimum Gasteiger partial charge on any atom is -0.410 e. The normalized spacial score (nSPS) is 17.6. The molecule has 0 radical (unpaired) electrons. The molecule has 0 fully saturated rings. The van der Waals surface area contributed by atoms with Crippen LogP contribution in [0.4, 0.5) is 0 Å². The molecule has 3 heteroatoms.